The van der Waals surface area contributed by atoms with Crippen molar-refractivity contribution in [3.63, 3.8) is 0 Å². The number of carbonyl (C=O) groups excluding carboxylic acids is 1. The van der Waals surface area contributed by atoms with Crippen molar-refractivity contribution in [2.75, 3.05) is 17.7 Å². The van der Waals surface area contributed by atoms with E-state index >= 15 is 0 Å². The molecule has 0 atom stereocenters. The fourth-order valence-corrected chi connectivity index (χ4v) is 3.34. The molecule has 2 aromatic carbocycles. The van der Waals surface area contributed by atoms with Crippen LogP contribution in [0.3, 0.4) is 0 Å². The summed E-state index contributed by atoms with van der Waals surface area (Å²) in [6, 6.07) is 12.5. The molecule has 7 heteroatoms. The number of fused-ring (bicyclic) bond motifs is 1. The number of aromatic nitrogens is 2. The van der Waals surface area contributed by atoms with Crippen LogP contribution in [-0.2, 0) is 0 Å². The van der Waals surface area contributed by atoms with Gasteiger partial charge in [-0.15, -0.1) is 0 Å². The molecule has 1 saturated carbocycles. The van der Waals surface area contributed by atoms with Crippen molar-refractivity contribution in [1.82, 2.24) is 10.2 Å². The van der Waals surface area contributed by atoms with E-state index in [1.54, 1.807) is 19.2 Å². The summed E-state index contributed by atoms with van der Waals surface area (Å²) < 4.78 is 11.2. The van der Waals surface area contributed by atoms with Gasteiger partial charge in [-0.05, 0) is 49.9 Å². The van der Waals surface area contributed by atoms with E-state index < -0.39 is 0 Å². The smallest absolute Gasteiger partial charge is 0.324 e. The fraction of sp³-hybridized carbons (Fsp3) is 0.300. The van der Waals surface area contributed by atoms with Gasteiger partial charge in [0.15, 0.2) is 5.82 Å². The van der Waals surface area contributed by atoms with Crippen LogP contribution in [0.4, 0.5) is 16.3 Å². The molecule has 4 rings (SSSR count). The molecule has 0 bridgehead atoms. The van der Waals surface area contributed by atoms with Gasteiger partial charge in [0.2, 0.25) is 0 Å². The van der Waals surface area contributed by atoms with Crippen LogP contribution in [0.25, 0.3) is 10.9 Å². The van der Waals surface area contributed by atoms with Gasteiger partial charge >= 0.3 is 6.03 Å². The van der Waals surface area contributed by atoms with Crippen molar-refractivity contribution < 1.29 is 14.3 Å². The number of anilines is 2. The van der Waals surface area contributed by atoms with Gasteiger partial charge in [0.1, 0.15) is 11.5 Å². The molecule has 1 heterocycles. The van der Waals surface area contributed by atoms with Gasteiger partial charge in [-0.3, -0.25) is 10.4 Å². The number of hydrogen-bond donors (Lipinski definition) is 3. The van der Waals surface area contributed by atoms with Crippen LogP contribution < -0.4 is 20.1 Å². The van der Waals surface area contributed by atoms with E-state index in [2.05, 4.69) is 20.8 Å². The number of rotatable bonds is 5. The lowest BCUT2D eigenvalue weighted by atomic mass is 10.2. The van der Waals surface area contributed by atoms with E-state index in [0.717, 1.165) is 29.5 Å². The van der Waals surface area contributed by atoms with E-state index in [1.165, 1.54) is 12.8 Å². The molecule has 3 N–H and O–H groups in total. The van der Waals surface area contributed by atoms with Crippen LogP contribution in [0.15, 0.2) is 42.5 Å². The lowest BCUT2D eigenvalue weighted by Gasteiger charge is -2.12. The SMILES string of the molecule is COc1cccc(NC(=O)Nc2n[nH]c3cc(OC4CCCC4)ccc23)c1. The van der Waals surface area contributed by atoms with E-state index in [1.807, 2.05) is 30.3 Å². The monoisotopic (exact) mass is 366 g/mol. The minimum absolute atomic E-state index is 0.302. The molecule has 2 amide bonds. The van der Waals surface area contributed by atoms with Gasteiger partial charge < -0.3 is 14.8 Å². The molecule has 1 aromatic heterocycles. The molecule has 1 fully saturated rings. The zero-order valence-corrected chi connectivity index (χ0v) is 15.1. The highest BCUT2D eigenvalue weighted by Crippen LogP contribution is 2.28. The number of nitrogens with zero attached hydrogens (tertiary/aromatic N) is 1. The Morgan fingerprint density at radius 1 is 1.11 bits per heavy atom. The van der Waals surface area contributed by atoms with E-state index in [4.69, 9.17) is 9.47 Å². The highest BCUT2D eigenvalue weighted by atomic mass is 16.5. The largest absolute Gasteiger partial charge is 0.497 e. The molecule has 1 aliphatic rings. The number of benzene rings is 2. The molecule has 7 nitrogen and oxygen atoms in total. The van der Waals surface area contributed by atoms with Crippen molar-refractivity contribution in [2.45, 2.75) is 31.8 Å². The van der Waals surface area contributed by atoms with Gasteiger partial charge in [-0.2, -0.15) is 5.10 Å². The Morgan fingerprint density at radius 2 is 1.96 bits per heavy atom. The van der Waals surface area contributed by atoms with Gasteiger partial charge in [-0.25, -0.2) is 4.79 Å². The Balaban J connectivity index is 1.44. The molecular weight excluding hydrogens is 344 g/mol. The summed E-state index contributed by atoms with van der Waals surface area (Å²) in [5.74, 6) is 1.97. The highest BCUT2D eigenvalue weighted by Gasteiger charge is 2.17. The van der Waals surface area contributed by atoms with E-state index in [0.29, 0.717) is 23.4 Å². The number of H-pyrrole nitrogens is 1. The Hall–Kier alpha value is -3.22. The minimum Gasteiger partial charge on any atom is -0.497 e. The highest BCUT2D eigenvalue weighted by molar-refractivity contribution is 6.04. The summed E-state index contributed by atoms with van der Waals surface area (Å²) in [5.41, 5.74) is 1.46. The zero-order valence-electron chi connectivity index (χ0n) is 15.1. The van der Waals surface area contributed by atoms with Crippen LogP contribution in [0.5, 0.6) is 11.5 Å². The molecule has 0 spiro atoms. The zero-order chi connectivity index (χ0) is 18.6. The van der Waals surface area contributed by atoms with E-state index in [-0.39, 0.29) is 6.03 Å². The number of amides is 2. The second-order valence-electron chi connectivity index (χ2n) is 6.62. The van der Waals surface area contributed by atoms with Crippen LogP contribution in [0.2, 0.25) is 0 Å². The number of nitrogens with one attached hydrogen (secondary N) is 3. The van der Waals surface area contributed by atoms with Gasteiger partial charge in [-0.1, -0.05) is 6.07 Å². The Bertz CT molecular complexity index is 947. The lowest BCUT2D eigenvalue weighted by molar-refractivity contribution is 0.210. The number of methoxy groups -OCH3 is 1. The second-order valence-corrected chi connectivity index (χ2v) is 6.62. The average Bonchev–Trinajstić information content (AvgIpc) is 3.32. The predicted octanol–water partition coefficient (Wildman–Crippen LogP) is 4.54. The van der Waals surface area contributed by atoms with Crippen molar-refractivity contribution in [3.8, 4) is 11.5 Å². The molecule has 0 saturated heterocycles. The molecule has 0 radical (unpaired) electrons. The number of aromatic amines is 1. The van der Waals surface area contributed by atoms with Crippen LogP contribution in [-0.4, -0.2) is 29.4 Å². The van der Waals surface area contributed by atoms with Gasteiger partial charge in [0.05, 0.1) is 18.7 Å². The predicted molar refractivity (Wildman–Crippen MR) is 105 cm³/mol. The van der Waals surface area contributed by atoms with Crippen LogP contribution >= 0.6 is 0 Å². The topological polar surface area (TPSA) is 88.3 Å². The normalized spacial score (nSPS) is 14.3. The summed E-state index contributed by atoms with van der Waals surface area (Å²) in [7, 11) is 1.58. The maximum Gasteiger partial charge on any atom is 0.324 e. The first-order chi connectivity index (χ1) is 13.2. The Morgan fingerprint density at radius 3 is 2.78 bits per heavy atom. The molecule has 140 valence electrons. The van der Waals surface area contributed by atoms with Crippen molar-refractivity contribution >= 4 is 28.4 Å². The van der Waals surface area contributed by atoms with Gasteiger partial charge in [0, 0.05) is 23.2 Å². The Labute approximate surface area is 157 Å². The lowest BCUT2D eigenvalue weighted by Crippen LogP contribution is -2.19. The number of carbonyl (C=O) groups is 1. The number of urea groups is 1. The second kappa shape index (κ2) is 7.57. The summed E-state index contributed by atoms with van der Waals surface area (Å²) in [6.07, 6.45) is 4.98. The molecule has 3 aromatic rings. The minimum atomic E-state index is -0.372. The summed E-state index contributed by atoms with van der Waals surface area (Å²) in [5, 5.41) is 13.5. The quantitative estimate of drug-likeness (QED) is 0.619. The average molecular weight is 366 g/mol. The van der Waals surface area contributed by atoms with Crippen molar-refractivity contribution in [1.29, 1.82) is 0 Å². The first-order valence-electron chi connectivity index (χ1n) is 9.08. The van der Waals surface area contributed by atoms with E-state index in [9.17, 15) is 4.79 Å². The molecule has 0 unspecified atom stereocenters. The first kappa shape index (κ1) is 17.2. The summed E-state index contributed by atoms with van der Waals surface area (Å²) >= 11 is 0. The van der Waals surface area contributed by atoms with Crippen molar-refractivity contribution in [2.24, 2.45) is 0 Å². The molecule has 0 aliphatic heterocycles. The third-order valence-electron chi connectivity index (χ3n) is 4.70. The van der Waals surface area contributed by atoms with Crippen LogP contribution in [0.1, 0.15) is 25.7 Å². The third kappa shape index (κ3) is 3.97. The summed E-state index contributed by atoms with van der Waals surface area (Å²) in [4.78, 5) is 12.3. The standard InChI is InChI=1S/C20H22N4O3/c1-26-15-8-4-5-13(11-15)21-20(25)22-19-17-10-9-16(12-18(17)23-24-19)27-14-6-2-3-7-14/h4-5,8-12,14H,2-3,6-7H2,1H3,(H3,21,22,23,24,25). The van der Waals surface area contributed by atoms with Crippen LogP contribution in [0, 0.1) is 0 Å². The van der Waals surface area contributed by atoms with Gasteiger partial charge in [0.25, 0.3) is 0 Å². The summed E-state index contributed by atoms with van der Waals surface area (Å²) in [6.45, 7) is 0. The third-order valence-corrected chi connectivity index (χ3v) is 4.70. The van der Waals surface area contributed by atoms with Crippen molar-refractivity contribution in [3.05, 3.63) is 42.5 Å². The number of ether oxygens (including phenoxy) is 2. The molecule has 1 aliphatic carbocycles. The Kier molecular flexibility index (Phi) is 4.82. The maximum absolute atomic E-state index is 12.3. The number of hydrogen-bond acceptors (Lipinski definition) is 4. The molecule has 27 heavy (non-hydrogen) atoms. The molecular formula is C20H22N4O3. The first-order valence-corrected chi connectivity index (χ1v) is 9.08. The maximum atomic E-state index is 12.3. The fourth-order valence-electron chi connectivity index (χ4n) is 3.34.